The second kappa shape index (κ2) is 8.24. The first-order valence-electron chi connectivity index (χ1n) is 7.60. The third kappa shape index (κ3) is 4.50. The summed E-state index contributed by atoms with van der Waals surface area (Å²) in [5, 5.41) is 6.04. The van der Waals surface area contributed by atoms with Crippen molar-refractivity contribution in [3.8, 4) is 0 Å². The van der Waals surface area contributed by atoms with Crippen LogP contribution in [0.4, 0.5) is 11.5 Å². The smallest absolute Gasteiger partial charge is 0.274 e. The minimum atomic E-state index is -0.244. The van der Waals surface area contributed by atoms with Crippen molar-refractivity contribution in [3.63, 3.8) is 0 Å². The minimum Gasteiger partial charge on any atom is -0.383 e. The van der Waals surface area contributed by atoms with Gasteiger partial charge in [0.05, 0.1) is 6.61 Å². The van der Waals surface area contributed by atoms with Crippen LogP contribution >= 0.6 is 0 Å². The van der Waals surface area contributed by atoms with Gasteiger partial charge in [-0.1, -0.05) is 25.1 Å². The largest absolute Gasteiger partial charge is 0.383 e. The molecule has 0 saturated carbocycles. The molecule has 2 aromatic rings. The number of carbonyl (C=O) groups is 1. The van der Waals surface area contributed by atoms with Crippen LogP contribution in [0.1, 0.15) is 28.5 Å². The lowest BCUT2D eigenvalue weighted by Gasteiger charge is -2.13. The molecule has 0 fully saturated rings. The molecule has 0 aliphatic rings. The second-order valence-electron chi connectivity index (χ2n) is 5.12. The van der Waals surface area contributed by atoms with Gasteiger partial charge in [0.2, 0.25) is 0 Å². The lowest BCUT2D eigenvalue weighted by Crippen LogP contribution is -2.17. The van der Waals surface area contributed by atoms with Crippen molar-refractivity contribution in [1.29, 1.82) is 0 Å². The van der Waals surface area contributed by atoms with Gasteiger partial charge in [-0.25, -0.2) is 9.97 Å². The fourth-order valence-electron chi connectivity index (χ4n) is 2.24. The highest BCUT2D eigenvalue weighted by Gasteiger charge is 2.12. The van der Waals surface area contributed by atoms with Crippen molar-refractivity contribution in [2.75, 3.05) is 30.9 Å². The summed E-state index contributed by atoms with van der Waals surface area (Å²) in [7, 11) is 1.63. The highest BCUT2D eigenvalue weighted by Crippen LogP contribution is 2.21. The van der Waals surface area contributed by atoms with E-state index in [1.54, 1.807) is 13.2 Å². The molecule has 1 aromatic heterocycles. The number of hydrogen-bond donors (Lipinski definition) is 2. The first kappa shape index (κ1) is 16.9. The van der Waals surface area contributed by atoms with Gasteiger partial charge >= 0.3 is 0 Å². The molecule has 6 heteroatoms. The summed E-state index contributed by atoms with van der Waals surface area (Å²) in [4.78, 5) is 20.6. The normalized spacial score (nSPS) is 10.4. The highest BCUT2D eigenvalue weighted by atomic mass is 16.5. The Morgan fingerprint density at radius 1 is 1.30 bits per heavy atom. The number of carbonyl (C=O) groups excluding carboxylic acids is 1. The average molecular weight is 314 g/mol. The number of benzene rings is 1. The third-order valence-electron chi connectivity index (χ3n) is 3.49. The van der Waals surface area contributed by atoms with Gasteiger partial charge in [-0.3, -0.25) is 4.79 Å². The zero-order valence-electron chi connectivity index (χ0n) is 13.7. The summed E-state index contributed by atoms with van der Waals surface area (Å²) in [6, 6.07) is 7.62. The Kier molecular flexibility index (Phi) is 6.05. The van der Waals surface area contributed by atoms with Crippen molar-refractivity contribution < 1.29 is 9.53 Å². The predicted octanol–water partition coefficient (Wildman–Crippen LogP) is 2.66. The molecule has 6 nitrogen and oxygen atoms in total. The number of aromatic nitrogens is 2. The van der Waals surface area contributed by atoms with E-state index in [1.165, 1.54) is 6.33 Å². The molecule has 0 radical (unpaired) electrons. The Morgan fingerprint density at radius 3 is 2.87 bits per heavy atom. The fourth-order valence-corrected chi connectivity index (χ4v) is 2.24. The van der Waals surface area contributed by atoms with Crippen molar-refractivity contribution in [3.05, 3.63) is 47.4 Å². The summed E-state index contributed by atoms with van der Waals surface area (Å²) in [5.74, 6) is 0.355. The van der Waals surface area contributed by atoms with Gasteiger partial charge in [-0.2, -0.15) is 0 Å². The van der Waals surface area contributed by atoms with Crippen LogP contribution in [0.5, 0.6) is 0 Å². The quantitative estimate of drug-likeness (QED) is 0.768. The van der Waals surface area contributed by atoms with Gasteiger partial charge in [0, 0.05) is 25.4 Å². The van der Waals surface area contributed by atoms with Gasteiger partial charge in [0.25, 0.3) is 5.91 Å². The van der Waals surface area contributed by atoms with E-state index >= 15 is 0 Å². The number of amides is 1. The molecule has 122 valence electrons. The van der Waals surface area contributed by atoms with Gasteiger partial charge in [0.1, 0.15) is 17.8 Å². The van der Waals surface area contributed by atoms with E-state index in [4.69, 9.17) is 4.74 Å². The number of methoxy groups -OCH3 is 1. The molecular weight excluding hydrogens is 292 g/mol. The van der Waals surface area contributed by atoms with Crippen LogP contribution in [0.15, 0.2) is 30.6 Å². The number of hydrogen-bond acceptors (Lipinski definition) is 5. The Balaban J connectivity index is 2.14. The number of anilines is 2. The molecule has 0 saturated heterocycles. The molecule has 2 N–H and O–H groups in total. The number of ether oxygens (including phenoxy) is 1. The first-order valence-corrected chi connectivity index (χ1v) is 7.60. The van der Waals surface area contributed by atoms with Crippen molar-refractivity contribution in [2.24, 2.45) is 0 Å². The Morgan fingerprint density at radius 2 is 2.13 bits per heavy atom. The van der Waals surface area contributed by atoms with Gasteiger partial charge < -0.3 is 15.4 Å². The van der Waals surface area contributed by atoms with E-state index in [-0.39, 0.29) is 5.91 Å². The molecule has 0 aliphatic carbocycles. The van der Waals surface area contributed by atoms with Gasteiger partial charge in [0.15, 0.2) is 0 Å². The van der Waals surface area contributed by atoms with Crippen LogP contribution in [0.3, 0.4) is 0 Å². The highest BCUT2D eigenvalue weighted by molar-refractivity contribution is 6.04. The van der Waals surface area contributed by atoms with Crippen LogP contribution in [0, 0.1) is 6.92 Å². The molecule has 0 atom stereocenters. The van der Waals surface area contributed by atoms with E-state index in [1.807, 2.05) is 25.1 Å². The van der Waals surface area contributed by atoms with Gasteiger partial charge in [-0.15, -0.1) is 0 Å². The van der Waals surface area contributed by atoms with E-state index in [0.29, 0.717) is 24.7 Å². The molecule has 1 aromatic carbocycles. The predicted molar refractivity (Wildman–Crippen MR) is 90.9 cm³/mol. The zero-order valence-corrected chi connectivity index (χ0v) is 13.7. The SMILES string of the molecule is CCc1cccc(C)c1NC(=O)c1cc(NCCOC)ncn1. The number of nitrogens with one attached hydrogen (secondary N) is 2. The second-order valence-corrected chi connectivity index (χ2v) is 5.12. The van der Waals surface area contributed by atoms with Crippen LogP contribution in [-0.4, -0.2) is 36.1 Å². The van der Waals surface area contributed by atoms with Crippen LogP contribution in [0.25, 0.3) is 0 Å². The Hall–Kier alpha value is -2.47. The van der Waals surface area contributed by atoms with E-state index < -0.39 is 0 Å². The molecular formula is C17H22N4O2. The van der Waals surface area contributed by atoms with Crippen LogP contribution in [-0.2, 0) is 11.2 Å². The molecule has 0 bridgehead atoms. The summed E-state index contributed by atoms with van der Waals surface area (Å²) < 4.78 is 4.97. The maximum atomic E-state index is 12.5. The molecule has 2 rings (SSSR count). The maximum Gasteiger partial charge on any atom is 0.274 e. The zero-order chi connectivity index (χ0) is 16.7. The van der Waals surface area contributed by atoms with Gasteiger partial charge in [-0.05, 0) is 24.5 Å². The summed E-state index contributed by atoms with van der Waals surface area (Å²) in [6.07, 6.45) is 2.23. The molecule has 23 heavy (non-hydrogen) atoms. The average Bonchev–Trinajstić information content (AvgIpc) is 2.57. The standard InChI is InChI=1S/C17H22N4O2/c1-4-13-7-5-6-12(2)16(13)21-17(22)14-10-15(20-11-19-14)18-8-9-23-3/h5-7,10-11H,4,8-9H2,1-3H3,(H,21,22)(H,18,19,20). The molecule has 0 aliphatic heterocycles. The topological polar surface area (TPSA) is 76.1 Å². The Labute approximate surface area is 136 Å². The maximum absolute atomic E-state index is 12.5. The Bertz CT molecular complexity index is 673. The minimum absolute atomic E-state index is 0.244. The number of para-hydroxylation sites is 1. The molecule has 1 heterocycles. The number of aryl methyl sites for hydroxylation is 2. The fraction of sp³-hybridized carbons (Fsp3) is 0.353. The molecule has 0 spiro atoms. The lowest BCUT2D eigenvalue weighted by atomic mass is 10.1. The summed E-state index contributed by atoms with van der Waals surface area (Å²) in [5.41, 5.74) is 3.31. The third-order valence-corrected chi connectivity index (χ3v) is 3.49. The number of nitrogens with zero attached hydrogens (tertiary/aromatic N) is 2. The van der Waals surface area contributed by atoms with E-state index in [9.17, 15) is 4.79 Å². The molecule has 1 amide bonds. The van der Waals surface area contributed by atoms with Crippen LogP contribution in [0.2, 0.25) is 0 Å². The first-order chi connectivity index (χ1) is 11.2. The lowest BCUT2D eigenvalue weighted by molar-refractivity contribution is 0.102. The summed E-state index contributed by atoms with van der Waals surface area (Å²) >= 11 is 0. The van der Waals surface area contributed by atoms with Crippen molar-refractivity contribution in [1.82, 2.24) is 9.97 Å². The number of rotatable bonds is 7. The van der Waals surface area contributed by atoms with Crippen molar-refractivity contribution in [2.45, 2.75) is 20.3 Å². The molecule has 0 unspecified atom stereocenters. The monoisotopic (exact) mass is 314 g/mol. The van der Waals surface area contributed by atoms with Crippen molar-refractivity contribution >= 4 is 17.4 Å². The van der Waals surface area contributed by atoms with Crippen LogP contribution < -0.4 is 10.6 Å². The summed E-state index contributed by atoms with van der Waals surface area (Å²) in [6.45, 7) is 5.22. The van der Waals surface area contributed by atoms with E-state index in [0.717, 1.165) is 23.2 Å². The van der Waals surface area contributed by atoms with E-state index in [2.05, 4.69) is 27.5 Å².